The molecule has 1 aromatic carbocycles. The van der Waals surface area contributed by atoms with Crippen LogP contribution in [0.25, 0.3) is 16.4 Å². The summed E-state index contributed by atoms with van der Waals surface area (Å²) < 4.78 is 1.59. The number of fused-ring (bicyclic) bond motifs is 3. The van der Waals surface area contributed by atoms with Crippen LogP contribution in [-0.2, 0) is 0 Å². The van der Waals surface area contributed by atoms with Crippen LogP contribution in [0.3, 0.4) is 0 Å². The fraction of sp³-hybridized carbons (Fsp3) is 0. The molecule has 3 aromatic rings. The number of aromatic nitrogens is 1. The third-order valence-electron chi connectivity index (χ3n) is 2.66. The van der Waals surface area contributed by atoms with Gasteiger partial charge in [-0.3, -0.25) is 9.20 Å². The minimum atomic E-state index is -0.216. The number of benzene rings is 1. The van der Waals surface area contributed by atoms with Crippen molar-refractivity contribution >= 4 is 16.4 Å². The lowest BCUT2D eigenvalue weighted by Gasteiger charge is -2.05. The van der Waals surface area contributed by atoms with Crippen molar-refractivity contribution in [3.8, 4) is 5.75 Å². The summed E-state index contributed by atoms with van der Waals surface area (Å²) in [5, 5.41) is 10.4. The molecule has 0 fully saturated rings. The van der Waals surface area contributed by atoms with Crippen LogP contribution in [0.5, 0.6) is 5.75 Å². The summed E-state index contributed by atoms with van der Waals surface area (Å²) in [7, 11) is 0. The maximum atomic E-state index is 11.8. The van der Waals surface area contributed by atoms with E-state index in [9.17, 15) is 9.90 Å². The van der Waals surface area contributed by atoms with E-state index in [1.807, 2.05) is 36.4 Å². The molecule has 0 aliphatic carbocycles. The third-order valence-corrected chi connectivity index (χ3v) is 2.66. The second kappa shape index (κ2) is 3.10. The van der Waals surface area contributed by atoms with Crippen molar-refractivity contribution in [2.45, 2.75) is 0 Å². The van der Waals surface area contributed by atoms with Crippen molar-refractivity contribution in [3.05, 3.63) is 58.9 Å². The van der Waals surface area contributed by atoms with E-state index >= 15 is 0 Å². The summed E-state index contributed by atoms with van der Waals surface area (Å²) in [6, 6.07) is 14.2. The molecule has 0 saturated carbocycles. The van der Waals surface area contributed by atoms with Gasteiger partial charge in [0.2, 0.25) is 0 Å². The van der Waals surface area contributed by atoms with Gasteiger partial charge in [-0.1, -0.05) is 24.3 Å². The summed E-state index contributed by atoms with van der Waals surface area (Å²) in [6.45, 7) is 0. The third kappa shape index (κ3) is 1.18. The van der Waals surface area contributed by atoms with Gasteiger partial charge in [0.1, 0.15) is 5.75 Å². The van der Waals surface area contributed by atoms with Crippen LogP contribution < -0.4 is 5.56 Å². The minimum Gasteiger partial charge on any atom is -0.508 e. The number of para-hydroxylation sites is 1. The van der Waals surface area contributed by atoms with Gasteiger partial charge in [0.15, 0.2) is 0 Å². The molecule has 3 rings (SSSR count). The Morgan fingerprint density at radius 2 is 1.81 bits per heavy atom. The lowest BCUT2D eigenvalue weighted by atomic mass is 10.2. The first kappa shape index (κ1) is 8.97. The van der Waals surface area contributed by atoms with Crippen molar-refractivity contribution in [3.63, 3.8) is 0 Å². The number of hydrogen-bond donors (Lipinski definition) is 1. The molecule has 2 heterocycles. The maximum absolute atomic E-state index is 11.8. The molecule has 2 aromatic heterocycles. The van der Waals surface area contributed by atoms with E-state index in [0.717, 1.165) is 10.9 Å². The predicted molar refractivity (Wildman–Crippen MR) is 62.8 cm³/mol. The second-order valence-corrected chi connectivity index (χ2v) is 3.70. The Bertz CT molecular complexity index is 744. The Hall–Kier alpha value is -2.29. The highest BCUT2D eigenvalue weighted by atomic mass is 16.3. The monoisotopic (exact) mass is 211 g/mol. The minimum absolute atomic E-state index is 0.000260. The van der Waals surface area contributed by atoms with Crippen LogP contribution in [0.15, 0.2) is 53.3 Å². The second-order valence-electron chi connectivity index (χ2n) is 3.70. The number of nitrogens with zero attached hydrogens (tertiary/aromatic N) is 1. The molecule has 1 N–H and O–H groups in total. The Kier molecular flexibility index (Phi) is 1.74. The van der Waals surface area contributed by atoms with Crippen molar-refractivity contribution < 1.29 is 5.11 Å². The van der Waals surface area contributed by atoms with E-state index in [4.69, 9.17) is 0 Å². The van der Waals surface area contributed by atoms with E-state index < -0.39 is 0 Å². The first-order chi connectivity index (χ1) is 7.75. The average molecular weight is 211 g/mol. The summed E-state index contributed by atoms with van der Waals surface area (Å²) in [6.07, 6.45) is 0. The normalized spacial score (nSPS) is 11.0. The predicted octanol–water partition coefficient (Wildman–Crippen LogP) is 2.16. The smallest absolute Gasteiger partial charge is 0.259 e. The van der Waals surface area contributed by atoms with Crippen LogP contribution >= 0.6 is 0 Å². The highest BCUT2D eigenvalue weighted by Gasteiger charge is 2.02. The van der Waals surface area contributed by atoms with E-state index in [0.29, 0.717) is 5.52 Å². The van der Waals surface area contributed by atoms with Crippen LogP contribution in [0, 0.1) is 0 Å². The highest BCUT2D eigenvalue weighted by Crippen LogP contribution is 2.17. The van der Waals surface area contributed by atoms with Crippen LogP contribution in [0.2, 0.25) is 0 Å². The first-order valence-corrected chi connectivity index (χ1v) is 4.99. The largest absolute Gasteiger partial charge is 0.508 e. The lowest BCUT2D eigenvalue weighted by molar-refractivity contribution is 0.474. The zero-order valence-electron chi connectivity index (χ0n) is 8.42. The molecule has 3 heteroatoms. The highest BCUT2D eigenvalue weighted by molar-refractivity contribution is 5.82. The van der Waals surface area contributed by atoms with Gasteiger partial charge in [-0.2, -0.15) is 0 Å². The molecule has 0 unspecified atom stereocenters. The first-order valence-electron chi connectivity index (χ1n) is 4.99. The molecule has 3 nitrogen and oxygen atoms in total. The Balaban J connectivity index is 2.65. The molecular formula is C13H9NO2. The summed E-state index contributed by atoms with van der Waals surface area (Å²) in [4.78, 5) is 11.8. The Labute approximate surface area is 91.2 Å². The molecule has 0 radical (unpaired) electrons. The molecular weight excluding hydrogens is 202 g/mol. The molecule has 16 heavy (non-hydrogen) atoms. The van der Waals surface area contributed by atoms with Gasteiger partial charge >= 0.3 is 0 Å². The fourth-order valence-electron chi connectivity index (χ4n) is 1.96. The van der Waals surface area contributed by atoms with Gasteiger partial charge in [0, 0.05) is 12.1 Å². The average Bonchev–Trinajstić information content (AvgIpc) is 2.28. The topological polar surface area (TPSA) is 41.7 Å². The van der Waals surface area contributed by atoms with Gasteiger partial charge < -0.3 is 5.11 Å². The van der Waals surface area contributed by atoms with Gasteiger partial charge in [-0.15, -0.1) is 0 Å². The number of rotatable bonds is 0. The Morgan fingerprint density at radius 1 is 1.00 bits per heavy atom. The lowest BCUT2D eigenvalue weighted by Crippen LogP contribution is -2.12. The van der Waals surface area contributed by atoms with Crippen molar-refractivity contribution in [1.29, 1.82) is 0 Å². The molecule has 0 spiro atoms. The van der Waals surface area contributed by atoms with Crippen molar-refractivity contribution in [2.24, 2.45) is 0 Å². The summed E-state index contributed by atoms with van der Waals surface area (Å²) >= 11 is 0. The van der Waals surface area contributed by atoms with E-state index in [1.165, 1.54) is 6.07 Å². The molecule has 0 aliphatic heterocycles. The zero-order valence-corrected chi connectivity index (χ0v) is 8.42. The number of aromatic hydroxyl groups is 1. The molecule has 0 bridgehead atoms. The fourth-order valence-corrected chi connectivity index (χ4v) is 1.96. The molecule has 0 atom stereocenters. The summed E-state index contributed by atoms with van der Waals surface area (Å²) in [5.74, 6) is 0.000260. The zero-order chi connectivity index (χ0) is 11.1. The van der Waals surface area contributed by atoms with E-state index in [1.54, 1.807) is 10.5 Å². The van der Waals surface area contributed by atoms with Crippen LogP contribution in [0.4, 0.5) is 0 Å². The summed E-state index contributed by atoms with van der Waals surface area (Å²) in [5.41, 5.74) is 1.33. The Morgan fingerprint density at radius 3 is 2.69 bits per heavy atom. The van der Waals surface area contributed by atoms with Gasteiger partial charge in [-0.05, 0) is 17.5 Å². The van der Waals surface area contributed by atoms with Gasteiger partial charge in [0.25, 0.3) is 5.56 Å². The standard InChI is InChI=1S/C13H9NO2/c15-11-7-10-6-5-9-3-1-2-4-12(9)14(10)13(16)8-11/h1-8,15H. The van der Waals surface area contributed by atoms with Gasteiger partial charge in [0.05, 0.1) is 11.0 Å². The van der Waals surface area contributed by atoms with E-state index in [-0.39, 0.29) is 11.3 Å². The van der Waals surface area contributed by atoms with Crippen LogP contribution in [0.1, 0.15) is 0 Å². The van der Waals surface area contributed by atoms with Crippen molar-refractivity contribution in [1.82, 2.24) is 4.40 Å². The SMILES string of the molecule is O=c1cc(O)cc2ccc3ccccc3n12. The van der Waals surface area contributed by atoms with Crippen LogP contribution in [-0.4, -0.2) is 9.51 Å². The molecule has 0 aliphatic rings. The van der Waals surface area contributed by atoms with E-state index in [2.05, 4.69) is 0 Å². The van der Waals surface area contributed by atoms with Crippen molar-refractivity contribution in [2.75, 3.05) is 0 Å². The number of pyridine rings is 2. The number of hydrogen-bond acceptors (Lipinski definition) is 2. The molecule has 0 saturated heterocycles. The molecule has 0 amide bonds. The maximum Gasteiger partial charge on any atom is 0.259 e. The quantitative estimate of drug-likeness (QED) is 0.579. The molecule has 78 valence electrons. The van der Waals surface area contributed by atoms with Gasteiger partial charge in [-0.25, -0.2) is 0 Å².